The van der Waals surface area contributed by atoms with Gasteiger partial charge in [0.1, 0.15) is 15.6 Å². The molecule has 2 aromatic heterocycles. The molecule has 1 aromatic carbocycles. The molecule has 1 saturated heterocycles. The van der Waals surface area contributed by atoms with Crippen molar-refractivity contribution in [2.45, 2.75) is 32.7 Å². The number of hydrogen-bond acceptors (Lipinski definition) is 5. The van der Waals surface area contributed by atoms with E-state index < -0.39 is 0 Å². The van der Waals surface area contributed by atoms with Gasteiger partial charge in [-0.15, -0.1) is 11.3 Å². The third-order valence-corrected chi connectivity index (χ3v) is 6.20. The van der Waals surface area contributed by atoms with Crippen molar-refractivity contribution in [3.8, 4) is 16.3 Å². The highest BCUT2D eigenvalue weighted by molar-refractivity contribution is 7.17. The lowest BCUT2D eigenvalue weighted by Gasteiger charge is -2.24. The van der Waals surface area contributed by atoms with Gasteiger partial charge in [-0.1, -0.05) is 0 Å². The zero-order valence-corrected chi connectivity index (χ0v) is 16.9. The predicted molar refractivity (Wildman–Crippen MR) is 111 cm³/mol. The zero-order chi connectivity index (χ0) is 19.5. The third-order valence-electron chi connectivity index (χ3n) is 5.01. The lowest BCUT2D eigenvalue weighted by atomic mass is 10.1. The first kappa shape index (κ1) is 18.6. The second kappa shape index (κ2) is 8.10. The lowest BCUT2D eigenvalue weighted by molar-refractivity contribution is 0.0739. The number of carbonyl (C=O) groups is 1. The van der Waals surface area contributed by atoms with Gasteiger partial charge in [0, 0.05) is 24.5 Å². The van der Waals surface area contributed by atoms with Crippen molar-refractivity contribution >= 4 is 17.2 Å². The maximum atomic E-state index is 13.3. The van der Waals surface area contributed by atoms with Gasteiger partial charge in [-0.25, -0.2) is 4.98 Å². The molecule has 1 fully saturated rings. The van der Waals surface area contributed by atoms with Crippen LogP contribution in [0.15, 0.2) is 48.8 Å². The van der Waals surface area contributed by atoms with E-state index in [9.17, 15) is 4.79 Å². The van der Waals surface area contributed by atoms with Crippen LogP contribution in [0.3, 0.4) is 0 Å². The molecule has 0 spiro atoms. The Kier molecular flexibility index (Phi) is 5.39. The fraction of sp³-hybridized carbons (Fsp3) is 0.318. The average molecular weight is 394 g/mol. The minimum Gasteiger partial charge on any atom is -0.494 e. The molecular formula is C22H23N3O2S. The van der Waals surface area contributed by atoms with Gasteiger partial charge in [-0.05, 0) is 68.7 Å². The summed E-state index contributed by atoms with van der Waals surface area (Å²) in [7, 11) is 0. The Balaban J connectivity index is 1.58. The number of rotatable bonds is 5. The summed E-state index contributed by atoms with van der Waals surface area (Å²) in [4.78, 5) is 24.8. The molecule has 3 heterocycles. The number of ether oxygens (including phenoxy) is 1. The van der Waals surface area contributed by atoms with Gasteiger partial charge in [0.15, 0.2) is 0 Å². The van der Waals surface area contributed by atoms with Gasteiger partial charge in [0.25, 0.3) is 5.91 Å². The van der Waals surface area contributed by atoms with E-state index in [0.29, 0.717) is 6.61 Å². The Labute approximate surface area is 169 Å². The van der Waals surface area contributed by atoms with Gasteiger partial charge < -0.3 is 9.64 Å². The minimum atomic E-state index is 0.0755. The molecule has 1 aliphatic rings. The molecule has 144 valence electrons. The highest BCUT2D eigenvalue weighted by Gasteiger charge is 2.32. The summed E-state index contributed by atoms with van der Waals surface area (Å²) in [6.45, 7) is 5.30. The molecule has 1 atom stereocenters. The predicted octanol–water partition coefficient (Wildman–Crippen LogP) is 4.89. The van der Waals surface area contributed by atoms with Gasteiger partial charge in [0.2, 0.25) is 0 Å². The summed E-state index contributed by atoms with van der Waals surface area (Å²) >= 11 is 1.47. The van der Waals surface area contributed by atoms with E-state index >= 15 is 0 Å². The van der Waals surface area contributed by atoms with Crippen LogP contribution in [-0.4, -0.2) is 33.9 Å². The minimum absolute atomic E-state index is 0.0755. The van der Waals surface area contributed by atoms with Crippen LogP contribution in [0.25, 0.3) is 10.6 Å². The first-order chi connectivity index (χ1) is 13.7. The molecule has 6 heteroatoms. The highest BCUT2D eigenvalue weighted by atomic mass is 32.1. The number of carbonyl (C=O) groups excluding carboxylic acids is 1. The summed E-state index contributed by atoms with van der Waals surface area (Å²) in [6.07, 6.45) is 5.58. The van der Waals surface area contributed by atoms with E-state index in [2.05, 4.69) is 9.97 Å². The van der Waals surface area contributed by atoms with Crippen molar-refractivity contribution in [1.29, 1.82) is 0 Å². The number of likely N-dealkylation sites (tertiary alicyclic amines) is 1. The fourth-order valence-electron chi connectivity index (χ4n) is 3.65. The van der Waals surface area contributed by atoms with Crippen molar-refractivity contribution < 1.29 is 9.53 Å². The number of amides is 1. The summed E-state index contributed by atoms with van der Waals surface area (Å²) in [5, 5.41) is 0.864. The quantitative estimate of drug-likeness (QED) is 0.619. The maximum Gasteiger partial charge on any atom is 0.266 e. The molecule has 1 amide bonds. The molecule has 0 aliphatic carbocycles. The summed E-state index contributed by atoms with van der Waals surface area (Å²) in [6, 6.07) is 12.0. The Morgan fingerprint density at radius 3 is 2.68 bits per heavy atom. The van der Waals surface area contributed by atoms with E-state index in [0.717, 1.165) is 51.8 Å². The molecule has 4 rings (SSSR count). The van der Waals surface area contributed by atoms with E-state index in [1.807, 2.05) is 55.1 Å². The molecular weight excluding hydrogens is 370 g/mol. The van der Waals surface area contributed by atoms with Crippen molar-refractivity contribution in [2.75, 3.05) is 13.2 Å². The topological polar surface area (TPSA) is 55.3 Å². The Morgan fingerprint density at radius 1 is 1.21 bits per heavy atom. The van der Waals surface area contributed by atoms with Crippen LogP contribution in [0.5, 0.6) is 5.75 Å². The second-order valence-corrected chi connectivity index (χ2v) is 7.83. The SMILES string of the molecule is CCOc1ccc(-c2nc(C)c(C(=O)N3CCC[C@H]3c3ccncc3)s2)cc1. The zero-order valence-electron chi connectivity index (χ0n) is 16.1. The van der Waals surface area contributed by atoms with Crippen LogP contribution >= 0.6 is 11.3 Å². The standard InChI is InChI=1S/C22H23N3O2S/c1-3-27-18-8-6-17(7-9-18)21-24-15(2)20(28-21)22(26)25-14-4-5-19(25)16-10-12-23-13-11-16/h6-13,19H,3-5,14H2,1-2H3/t19-/m0/s1. The van der Waals surface area contributed by atoms with Crippen LogP contribution in [0.2, 0.25) is 0 Å². The third kappa shape index (κ3) is 3.64. The van der Waals surface area contributed by atoms with Crippen molar-refractivity contribution in [2.24, 2.45) is 0 Å². The molecule has 0 radical (unpaired) electrons. The normalized spacial score (nSPS) is 16.4. The van der Waals surface area contributed by atoms with Crippen molar-refractivity contribution in [1.82, 2.24) is 14.9 Å². The molecule has 0 unspecified atom stereocenters. The number of aromatic nitrogens is 2. The van der Waals surface area contributed by atoms with Gasteiger partial charge in [-0.3, -0.25) is 9.78 Å². The van der Waals surface area contributed by atoms with Crippen LogP contribution in [0.4, 0.5) is 0 Å². The number of pyridine rings is 1. The van der Waals surface area contributed by atoms with Crippen LogP contribution in [-0.2, 0) is 0 Å². The Morgan fingerprint density at radius 2 is 1.96 bits per heavy atom. The van der Waals surface area contributed by atoms with E-state index in [1.54, 1.807) is 12.4 Å². The fourth-order valence-corrected chi connectivity index (χ4v) is 4.68. The van der Waals surface area contributed by atoms with Crippen molar-refractivity contribution in [3.05, 3.63) is 64.9 Å². The van der Waals surface area contributed by atoms with Crippen LogP contribution in [0, 0.1) is 6.92 Å². The smallest absolute Gasteiger partial charge is 0.266 e. The van der Waals surface area contributed by atoms with Gasteiger partial charge in [0.05, 0.1) is 18.3 Å². The number of thiazole rings is 1. The molecule has 3 aromatic rings. The molecule has 0 N–H and O–H groups in total. The van der Waals surface area contributed by atoms with E-state index in [4.69, 9.17) is 4.74 Å². The Bertz CT molecular complexity index is 954. The first-order valence-electron chi connectivity index (χ1n) is 9.59. The number of hydrogen-bond donors (Lipinski definition) is 0. The summed E-state index contributed by atoms with van der Waals surface area (Å²) in [5.41, 5.74) is 2.94. The monoisotopic (exact) mass is 393 g/mol. The molecule has 0 saturated carbocycles. The number of nitrogens with zero attached hydrogens (tertiary/aromatic N) is 3. The van der Waals surface area contributed by atoms with Gasteiger partial charge in [-0.2, -0.15) is 0 Å². The van der Waals surface area contributed by atoms with E-state index in [-0.39, 0.29) is 11.9 Å². The lowest BCUT2D eigenvalue weighted by Crippen LogP contribution is -2.30. The van der Waals surface area contributed by atoms with Crippen molar-refractivity contribution in [3.63, 3.8) is 0 Å². The maximum absolute atomic E-state index is 13.3. The average Bonchev–Trinajstić information content (AvgIpc) is 3.36. The Hall–Kier alpha value is -2.73. The summed E-state index contributed by atoms with van der Waals surface area (Å²) in [5.74, 6) is 0.916. The van der Waals surface area contributed by atoms with E-state index in [1.165, 1.54) is 11.3 Å². The summed E-state index contributed by atoms with van der Waals surface area (Å²) < 4.78 is 5.50. The van der Waals surface area contributed by atoms with Crippen LogP contribution in [0.1, 0.15) is 46.7 Å². The van der Waals surface area contributed by atoms with Crippen LogP contribution < -0.4 is 4.74 Å². The molecule has 5 nitrogen and oxygen atoms in total. The largest absolute Gasteiger partial charge is 0.494 e. The second-order valence-electron chi connectivity index (χ2n) is 6.83. The number of benzene rings is 1. The highest BCUT2D eigenvalue weighted by Crippen LogP contribution is 2.36. The number of aryl methyl sites for hydroxylation is 1. The van der Waals surface area contributed by atoms with Gasteiger partial charge >= 0.3 is 0 Å². The first-order valence-corrected chi connectivity index (χ1v) is 10.4. The molecule has 1 aliphatic heterocycles. The molecule has 0 bridgehead atoms. The molecule has 28 heavy (non-hydrogen) atoms.